The van der Waals surface area contributed by atoms with Crippen LogP contribution in [0.1, 0.15) is 0 Å². The molecule has 0 bridgehead atoms. The third kappa shape index (κ3) is 1.51. The summed E-state index contributed by atoms with van der Waals surface area (Å²) in [7, 11) is 0. The summed E-state index contributed by atoms with van der Waals surface area (Å²) in [6, 6.07) is 4.85. The van der Waals surface area contributed by atoms with Crippen molar-refractivity contribution in [3.05, 3.63) is 37.1 Å². The van der Waals surface area contributed by atoms with Crippen LogP contribution in [0.25, 0.3) is 10.1 Å². The minimum Gasteiger partial charge on any atom is -0.258 e. The molecule has 0 aliphatic carbocycles. The van der Waals surface area contributed by atoms with Gasteiger partial charge >= 0.3 is 0 Å². The molecule has 0 aliphatic heterocycles. The van der Waals surface area contributed by atoms with Gasteiger partial charge in [0.1, 0.15) is 4.70 Å². The van der Waals surface area contributed by atoms with Gasteiger partial charge in [-0.05, 0) is 12.1 Å². The molecule has 2 rings (SSSR count). The highest BCUT2D eigenvalue weighted by atomic mass is 79.9. The van der Waals surface area contributed by atoms with Crippen molar-refractivity contribution in [2.24, 2.45) is 0 Å². The van der Waals surface area contributed by atoms with E-state index in [0.717, 1.165) is 9.86 Å². The number of nitro groups is 1. The first-order chi connectivity index (χ1) is 6.59. The Hall–Kier alpha value is -0.650. The number of hydrogen-bond donors (Lipinski definition) is 0. The van der Waals surface area contributed by atoms with E-state index in [1.54, 1.807) is 12.1 Å². The van der Waals surface area contributed by atoms with Crippen molar-refractivity contribution < 1.29 is 4.92 Å². The molecule has 0 N–H and O–H groups in total. The Balaban J connectivity index is 2.87. The number of halogens is 2. The first kappa shape index (κ1) is 9.89. The number of benzene rings is 1. The van der Waals surface area contributed by atoms with Gasteiger partial charge in [-0.2, -0.15) is 0 Å². The van der Waals surface area contributed by atoms with E-state index in [1.165, 1.54) is 17.4 Å². The van der Waals surface area contributed by atoms with E-state index in [2.05, 4.69) is 15.9 Å². The Kier molecular flexibility index (Phi) is 2.47. The Morgan fingerprint density at radius 3 is 2.86 bits per heavy atom. The molecule has 2 aromatic rings. The van der Waals surface area contributed by atoms with Crippen molar-refractivity contribution in [3.8, 4) is 0 Å². The Morgan fingerprint density at radius 1 is 1.50 bits per heavy atom. The smallest absolute Gasteiger partial charge is 0.258 e. The van der Waals surface area contributed by atoms with E-state index in [0.29, 0.717) is 9.04 Å². The molecule has 3 nitrogen and oxygen atoms in total. The average Bonchev–Trinajstić information content (AvgIpc) is 2.47. The number of non-ortho nitro benzene ring substituents is 1. The first-order valence-electron chi connectivity index (χ1n) is 3.61. The largest absolute Gasteiger partial charge is 0.287 e. The van der Waals surface area contributed by atoms with Gasteiger partial charge in [0.25, 0.3) is 5.69 Å². The lowest BCUT2D eigenvalue weighted by Gasteiger charge is -1.94. The van der Waals surface area contributed by atoms with Crippen molar-refractivity contribution in [1.29, 1.82) is 0 Å². The zero-order valence-corrected chi connectivity index (χ0v) is 9.82. The molecule has 1 aromatic heterocycles. The van der Waals surface area contributed by atoms with Crippen LogP contribution in [0.15, 0.2) is 22.7 Å². The predicted octanol–water partition coefficient (Wildman–Crippen LogP) is 4.23. The number of hydrogen-bond acceptors (Lipinski definition) is 3. The summed E-state index contributed by atoms with van der Waals surface area (Å²) in [6.45, 7) is 0. The molecule has 0 fully saturated rings. The summed E-state index contributed by atoms with van der Waals surface area (Å²) in [5, 5.41) is 11.5. The Morgan fingerprint density at radius 2 is 2.21 bits per heavy atom. The van der Waals surface area contributed by atoms with E-state index in [9.17, 15) is 10.1 Å². The van der Waals surface area contributed by atoms with Crippen molar-refractivity contribution >= 4 is 54.6 Å². The summed E-state index contributed by atoms with van der Waals surface area (Å²) >= 11 is 10.3. The number of fused-ring (bicyclic) bond motifs is 1. The zero-order chi connectivity index (χ0) is 10.3. The molecule has 0 radical (unpaired) electrons. The zero-order valence-electron chi connectivity index (χ0n) is 6.66. The van der Waals surface area contributed by atoms with Crippen LogP contribution in [0, 0.1) is 10.1 Å². The number of nitrogens with zero attached hydrogens (tertiary/aromatic N) is 1. The summed E-state index contributed by atoms with van der Waals surface area (Å²) in [6.07, 6.45) is 0. The second-order valence-electron chi connectivity index (χ2n) is 2.62. The van der Waals surface area contributed by atoms with Crippen LogP contribution >= 0.6 is 38.9 Å². The fraction of sp³-hybridized carbons (Fsp3) is 0. The maximum Gasteiger partial charge on any atom is 0.287 e. The molecular formula is C8H3BrClNO2S. The maximum atomic E-state index is 10.7. The molecule has 0 saturated heterocycles. The van der Waals surface area contributed by atoms with Crippen molar-refractivity contribution in [2.45, 2.75) is 0 Å². The van der Waals surface area contributed by atoms with Gasteiger partial charge in [0, 0.05) is 15.9 Å². The van der Waals surface area contributed by atoms with Gasteiger partial charge in [-0.1, -0.05) is 27.5 Å². The molecule has 0 saturated carbocycles. The van der Waals surface area contributed by atoms with Gasteiger partial charge in [-0.15, -0.1) is 11.3 Å². The predicted molar refractivity (Wildman–Crippen MR) is 61.2 cm³/mol. The highest BCUT2D eigenvalue weighted by molar-refractivity contribution is 9.10. The molecule has 72 valence electrons. The fourth-order valence-electron chi connectivity index (χ4n) is 1.19. The van der Waals surface area contributed by atoms with Crippen LogP contribution in [0.2, 0.25) is 4.34 Å². The van der Waals surface area contributed by atoms with E-state index < -0.39 is 4.92 Å². The van der Waals surface area contributed by atoms with Crippen LogP contribution in [0.3, 0.4) is 0 Å². The molecular weight excluding hydrogens is 290 g/mol. The van der Waals surface area contributed by atoms with Crippen molar-refractivity contribution in [1.82, 2.24) is 0 Å². The summed E-state index contributed by atoms with van der Waals surface area (Å²) in [4.78, 5) is 10.3. The molecule has 6 heteroatoms. The lowest BCUT2D eigenvalue weighted by atomic mass is 10.2. The number of rotatable bonds is 1. The SMILES string of the molecule is O=[N+]([O-])c1ccc(Br)c2cc(Cl)sc12. The third-order valence-electron chi connectivity index (χ3n) is 1.78. The normalized spacial score (nSPS) is 10.7. The quantitative estimate of drug-likeness (QED) is 0.583. The Bertz CT molecular complexity index is 525. The van der Waals surface area contributed by atoms with Gasteiger partial charge in [0.15, 0.2) is 0 Å². The molecule has 0 atom stereocenters. The van der Waals surface area contributed by atoms with E-state index in [4.69, 9.17) is 11.6 Å². The highest BCUT2D eigenvalue weighted by Gasteiger charge is 2.16. The number of nitro benzene ring substituents is 1. The van der Waals surface area contributed by atoms with Gasteiger partial charge in [-0.25, -0.2) is 0 Å². The minimum absolute atomic E-state index is 0.0973. The van der Waals surface area contributed by atoms with Crippen molar-refractivity contribution in [3.63, 3.8) is 0 Å². The van der Waals surface area contributed by atoms with E-state index in [-0.39, 0.29) is 5.69 Å². The number of thiophene rings is 1. The summed E-state index contributed by atoms with van der Waals surface area (Å²) < 4.78 is 1.98. The second-order valence-corrected chi connectivity index (χ2v) is 5.15. The molecule has 1 heterocycles. The van der Waals surface area contributed by atoms with Crippen molar-refractivity contribution in [2.75, 3.05) is 0 Å². The highest BCUT2D eigenvalue weighted by Crippen LogP contribution is 2.39. The van der Waals surface area contributed by atoms with Gasteiger partial charge in [0.05, 0.1) is 9.26 Å². The van der Waals surface area contributed by atoms with E-state index >= 15 is 0 Å². The molecule has 14 heavy (non-hydrogen) atoms. The van der Waals surface area contributed by atoms with E-state index in [1.807, 2.05) is 0 Å². The van der Waals surface area contributed by atoms with Gasteiger partial charge in [-0.3, -0.25) is 10.1 Å². The monoisotopic (exact) mass is 291 g/mol. The molecule has 0 spiro atoms. The van der Waals surface area contributed by atoms with Gasteiger partial charge < -0.3 is 0 Å². The second kappa shape index (κ2) is 3.49. The Labute approximate surface area is 96.6 Å². The first-order valence-corrected chi connectivity index (χ1v) is 5.60. The lowest BCUT2D eigenvalue weighted by Crippen LogP contribution is -1.87. The van der Waals surface area contributed by atoms with Crippen LogP contribution in [-0.2, 0) is 0 Å². The third-order valence-corrected chi connectivity index (χ3v) is 3.75. The standard InChI is InChI=1S/C8H3BrClNO2S/c9-5-1-2-6(11(12)13)8-4(5)3-7(10)14-8/h1-3H. The fourth-order valence-corrected chi connectivity index (χ4v) is 3.00. The maximum absolute atomic E-state index is 10.7. The topological polar surface area (TPSA) is 43.1 Å². The van der Waals surface area contributed by atoms with Gasteiger partial charge in [0.2, 0.25) is 0 Å². The average molecular weight is 293 g/mol. The molecule has 0 aliphatic rings. The molecule has 0 amide bonds. The van der Waals surface area contributed by atoms with Crippen LogP contribution < -0.4 is 0 Å². The summed E-state index contributed by atoms with van der Waals surface area (Å²) in [5.74, 6) is 0. The lowest BCUT2D eigenvalue weighted by molar-refractivity contribution is -0.382. The molecule has 1 aromatic carbocycles. The van der Waals surface area contributed by atoms with Crippen LogP contribution in [0.4, 0.5) is 5.69 Å². The minimum atomic E-state index is -0.401. The molecule has 0 unspecified atom stereocenters. The summed E-state index contributed by atoms with van der Waals surface area (Å²) in [5.41, 5.74) is 0.0973. The van der Waals surface area contributed by atoms with Crippen LogP contribution in [0.5, 0.6) is 0 Å². The van der Waals surface area contributed by atoms with Crippen LogP contribution in [-0.4, -0.2) is 4.92 Å².